The zero-order valence-electron chi connectivity index (χ0n) is 8.86. The van der Waals surface area contributed by atoms with Crippen molar-refractivity contribution in [1.29, 1.82) is 0 Å². The van der Waals surface area contributed by atoms with Crippen molar-refractivity contribution in [2.24, 2.45) is 11.8 Å². The monoisotopic (exact) mass is 236 g/mol. The minimum absolute atomic E-state index is 0.0237. The molecule has 0 saturated carbocycles. The van der Waals surface area contributed by atoms with Crippen LogP contribution >= 0.6 is 15.9 Å². The number of rotatable bonds is 5. The lowest BCUT2D eigenvalue weighted by Gasteiger charge is -2.29. The number of methoxy groups -OCH3 is 1. The SMILES string of the molecule is COC(C)(C)CC(C)C(C)CBr. The van der Waals surface area contributed by atoms with Crippen LogP contribution in [0.5, 0.6) is 0 Å². The topological polar surface area (TPSA) is 9.23 Å². The maximum absolute atomic E-state index is 5.39. The fourth-order valence-corrected chi connectivity index (χ4v) is 1.85. The fraction of sp³-hybridized carbons (Fsp3) is 1.00. The second-order valence-corrected chi connectivity index (χ2v) is 4.92. The van der Waals surface area contributed by atoms with Crippen LogP contribution in [0.25, 0.3) is 0 Å². The lowest BCUT2D eigenvalue weighted by Crippen LogP contribution is -2.28. The number of alkyl halides is 1. The normalized spacial score (nSPS) is 17.5. The summed E-state index contributed by atoms with van der Waals surface area (Å²) in [5, 5.41) is 1.08. The minimum Gasteiger partial charge on any atom is -0.379 e. The van der Waals surface area contributed by atoms with Gasteiger partial charge in [-0.3, -0.25) is 0 Å². The molecule has 0 bridgehead atoms. The van der Waals surface area contributed by atoms with Crippen molar-refractivity contribution in [1.82, 2.24) is 0 Å². The van der Waals surface area contributed by atoms with Crippen LogP contribution < -0.4 is 0 Å². The molecule has 1 nitrogen and oxygen atoms in total. The Morgan fingerprint density at radius 1 is 1.25 bits per heavy atom. The average molecular weight is 237 g/mol. The average Bonchev–Trinajstić information content (AvgIpc) is 2.02. The van der Waals surface area contributed by atoms with Gasteiger partial charge in [-0.15, -0.1) is 0 Å². The minimum atomic E-state index is 0.0237. The van der Waals surface area contributed by atoms with Gasteiger partial charge in [-0.25, -0.2) is 0 Å². The van der Waals surface area contributed by atoms with Crippen LogP contribution in [0.4, 0.5) is 0 Å². The molecule has 0 saturated heterocycles. The van der Waals surface area contributed by atoms with Crippen molar-refractivity contribution in [3.8, 4) is 0 Å². The molecule has 0 aliphatic heterocycles. The number of hydrogen-bond donors (Lipinski definition) is 0. The van der Waals surface area contributed by atoms with Crippen molar-refractivity contribution in [2.75, 3.05) is 12.4 Å². The summed E-state index contributed by atoms with van der Waals surface area (Å²) < 4.78 is 5.39. The molecule has 12 heavy (non-hydrogen) atoms. The summed E-state index contributed by atoms with van der Waals surface area (Å²) in [5.74, 6) is 1.43. The van der Waals surface area contributed by atoms with E-state index in [1.54, 1.807) is 7.11 Å². The van der Waals surface area contributed by atoms with Gasteiger partial charge in [-0.05, 0) is 32.1 Å². The molecule has 2 heteroatoms. The molecule has 0 rings (SSSR count). The molecule has 0 amide bonds. The molecular formula is C10H21BrO. The Labute approximate surface area is 85.0 Å². The lowest BCUT2D eigenvalue weighted by molar-refractivity contribution is -0.000821. The van der Waals surface area contributed by atoms with E-state index < -0.39 is 0 Å². The Morgan fingerprint density at radius 2 is 1.75 bits per heavy atom. The summed E-state index contributed by atoms with van der Waals surface area (Å²) in [6, 6.07) is 0. The number of halogens is 1. The molecule has 0 aromatic carbocycles. The van der Waals surface area contributed by atoms with E-state index in [9.17, 15) is 0 Å². The highest BCUT2D eigenvalue weighted by atomic mass is 79.9. The van der Waals surface area contributed by atoms with Crippen molar-refractivity contribution >= 4 is 15.9 Å². The second kappa shape index (κ2) is 5.23. The Morgan fingerprint density at radius 3 is 2.08 bits per heavy atom. The quantitative estimate of drug-likeness (QED) is 0.665. The summed E-state index contributed by atoms with van der Waals surface area (Å²) in [5.41, 5.74) is 0.0237. The van der Waals surface area contributed by atoms with Crippen LogP contribution in [0.2, 0.25) is 0 Å². The predicted molar refractivity (Wildman–Crippen MR) is 57.8 cm³/mol. The molecule has 0 aliphatic carbocycles. The summed E-state index contributed by atoms with van der Waals surface area (Å²) in [6.45, 7) is 8.84. The van der Waals surface area contributed by atoms with E-state index in [0.717, 1.165) is 17.7 Å². The Balaban J connectivity index is 3.90. The number of hydrogen-bond acceptors (Lipinski definition) is 1. The molecule has 0 aliphatic rings. The van der Waals surface area contributed by atoms with Gasteiger partial charge in [0.1, 0.15) is 0 Å². The first-order valence-corrected chi connectivity index (χ1v) is 5.66. The zero-order chi connectivity index (χ0) is 9.78. The van der Waals surface area contributed by atoms with Crippen molar-refractivity contribution in [3.05, 3.63) is 0 Å². The van der Waals surface area contributed by atoms with E-state index >= 15 is 0 Å². The molecule has 0 N–H and O–H groups in total. The van der Waals surface area contributed by atoms with Crippen LogP contribution in [0.3, 0.4) is 0 Å². The van der Waals surface area contributed by atoms with E-state index in [2.05, 4.69) is 43.6 Å². The molecule has 0 radical (unpaired) electrons. The number of ether oxygens (including phenoxy) is 1. The predicted octanol–water partition coefficient (Wildman–Crippen LogP) is 3.47. The third kappa shape index (κ3) is 4.46. The largest absolute Gasteiger partial charge is 0.379 e. The third-order valence-corrected chi connectivity index (χ3v) is 3.60. The Bertz CT molecular complexity index is 123. The van der Waals surface area contributed by atoms with E-state index in [1.165, 1.54) is 0 Å². The highest BCUT2D eigenvalue weighted by Crippen LogP contribution is 2.25. The Hall–Kier alpha value is 0.440. The highest BCUT2D eigenvalue weighted by molar-refractivity contribution is 9.09. The smallest absolute Gasteiger partial charge is 0.0625 e. The van der Waals surface area contributed by atoms with Gasteiger partial charge in [0, 0.05) is 12.4 Å². The second-order valence-electron chi connectivity index (χ2n) is 4.28. The van der Waals surface area contributed by atoms with Crippen LogP contribution in [0, 0.1) is 11.8 Å². The fourth-order valence-electron chi connectivity index (χ4n) is 1.21. The van der Waals surface area contributed by atoms with E-state index in [-0.39, 0.29) is 5.60 Å². The van der Waals surface area contributed by atoms with E-state index in [1.807, 2.05) is 0 Å². The molecule has 0 aromatic heterocycles. The molecule has 2 atom stereocenters. The van der Waals surface area contributed by atoms with Crippen LogP contribution in [0.1, 0.15) is 34.1 Å². The van der Waals surface area contributed by atoms with Gasteiger partial charge in [0.25, 0.3) is 0 Å². The standard InChI is InChI=1S/C10H21BrO/c1-8(9(2)7-11)6-10(3,4)12-5/h8-9H,6-7H2,1-5H3. The summed E-state index contributed by atoms with van der Waals surface area (Å²) in [7, 11) is 1.78. The van der Waals surface area contributed by atoms with Gasteiger partial charge in [0.15, 0.2) is 0 Å². The van der Waals surface area contributed by atoms with Crippen molar-refractivity contribution in [2.45, 2.75) is 39.7 Å². The molecule has 0 spiro atoms. The van der Waals surface area contributed by atoms with Gasteiger partial charge in [-0.1, -0.05) is 29.8 Å². The summed E-state index contributed by atoms with van der Waals surface area (Å²) >= 11 is 3.50. The first-order chi connectivity index (χ1) is 5.43. The third-order valence-electron chi connectivity index (χ3n) is 2.58. The lowest BCUT2D eigenvalue weighted by atomic mass is 9.87. The van der Waals surface area contributed by atoms with Crippen molar-refractivity contribution in [3.63, 3.8) is 0 Å². The first kappa shape index (κ1) is 12.4. The van der Waals surface area contributed by atoms with Crippen molar-refractivity contribution < 1.29 is 4.74 Å². The molecule has 0 heterocycles. The van der Waals surface area contributed by atoms with Gasteiger partial charge in [-0.2, -0.15) is 0 Å². The Kier molecular flexibility index (Phi) is 5.42. The van der Waals surface area contributed by atoms with Crippen LogP contribution in [-0.2, 0) is 4.74 Å². The van der Waals surface area contributed by atoms with Crippen LogP contribution in [0.15, 0.2) is 0 Å². The molecule has 0 fully saturated rings. The maximum Gasteiger partial charge on any atom is 0.0625 e. The maximum atomic E-state index is 5.39. The summed E-state index contributed by atoms with van der Waals surface area (Å²) in [4.78, 5) is 0. The first-order valence-electron chi connectivity index (χ1n) is 4.54. The zero-order valence-corrected chi connectivity index (χ0v) is 10.4. The molecule has 2 unspecified atom stereocenters. The summed E-state index contributed by atoms with van der Waals surface area (Å²) in [6.07, 6.45) is 1.12. The van der Waals surface area contributed by atoms with Gasteiger partial charge >= 0.3 is 0 Å². The van der Waals surface area contributed by atoms with Crippen LogP contribution in [-0.4, -0.2) is 18.0 Å². The van der Waals surface area contributed by atoms with Gasteiger partial charge < -0.3 is 4.74 Å². The van der Waals surface area contributed by atoms with Gasteiger partial charge in [0.2, 0.25) is 0 Å². The molecule has 0 aromatic rings. The highest BCUT2D eigenvalue weighted by Gasteiger charge is 2.22. The molecule has 74 valence electrons. The van der Waals surface area contributed by atoms with Gasteiger partial charge in [0.05, 0.1) is 5.60 Å². The molecular weight excluding hydrogens is 216 g/mol. The van der Waals surface area contributed by atoms with E-state index in [4.69, 9.17) is 4.74 Å². The van der Waals surface area contributed by atoms with E-state index in [0.29, 0.717) is 5.92 Å².